The second-order valence-corrected chi connectivity index (χ2v) is 8.93. The van der Waals surface area contributed by atoms with E-state index in [1.165, 1.54) is 32.1 Å². The molecule has 0 aliphatic heterocycles. The summed E-state index contributed by atoms with van der Waals surface area (Å²) in [4.78, 5) is 55.2. The Morgan fingerprint density at radius 1 is 0.419 bits per heavy atom. The molecular weight excluding hydrogens is 396 g/mol. The monoisotopic (exact) mass is 428 g/mol. The highest BCUT2D eigenvalue weighted by Gasteiger charge is 2.26. The van der Waals surface area contributed by atoms with Crippen LogP contribution in [0.1, 0.15) is 83.5 Å². The molecule has 8 nitrogen and oxygen atoms in total. The summed E-state index contributed by atoms with van der Waals surface area (Å²) in [6.07, 6.45) is 20.0. The number of carbonyl (C=O) groups excluding carboxylic acids is 4. The minimum absolute atomic E-state index is 0.0978. The quantitative estimate of drug-likeness (QED) is 0.467. The van der Waals surface area contributed by atoms with Gasteiger partial charge in [0.25, 0.3) is 0 Å². The van der Waals surface area contributed by atoms with Gasteiger partial charge in [-0.1, -0.05) is 0 Å². The molecule has 3 fully saturated rings. The molecule has 3 rings (SSSR count). The maximum absolute atomic E-state index is 10.2. The highest BCUT2D eigenvalue weighted by molar-refractivity contribution is 5.34. The molecule has 3 aliphatic carbocycles. The number of aliphatic imine (C=N–C) groups is 4. The molecule has 0 aromatic rings. The summed E-state index contributed by atoms with van der Waals surface area (Å²) < 4.78 is 0. The Morgan fingerprint density at radius 3 is 0.871 bits per heavy atom. The van der Waals surface area contributed by atoms with Gasteiger partial charge in [0.05, 0.1) is 24.2 Å². The third-order valence-corrected chi connectivity index (χ3v) is 6.91. The van der Waals surface area contributed by atoms with Gasteiger partial charge in [0.1, 0.15) is 0 Å². The Bertz CT molecular complexity index is 661. The van der Waals surface area contributed by atoms with Gasteiger partial charge in [0.2, 0.25) is 24.3 Å². The van der Waals surface area contributed by atoms with Crippen molar-refractivity contribution in [3.05, 3.63) is 0 Å². The topological polar surface area (TPSA) is 118 Å². The van der Waals surface area contributed by atoms with E-state index in [9.17, 15) is 19.2 Å². The maximum atomic E-state index is 10.2. The Balaban J connectivity index is 0.000000245. The lowest BCUT2D eigenvalue weighted by molar-refractivity contribution is 0.226. The lowest BCUT2D eigenvalue weighted by Crippen LogP contribution is -2.23. The molecular formula is C23H32N4O4. The fourth-order valence-corrected chi connectivity index (χ4v) is 5.11. The zero-order chi connectivity index (χ0) is 22.3. The molecule has 8 heteroatoms. The normalized spacial score (nSPS) is 32.4. The first kappa shape index (κ1) is 24.8. The summed E-state index contributed by atoms with van der Waals surface area (Å²) in [5.41, 5.74) is 0. The third-order valence-electron chi connectivity index (χ3n) is 6.91. The second-order valence-electron chi connectivity index (χ2n) is 8.93. The van der Waals surface area contributed by atoms with Crippen molar-refractivity contribution in [2.75, 3.05) is 0 Å². The van der Waals surface area contributed by atoms with E-state index in [1.807, 2.05) is 0 Å². The molecule has 0 amide bonds. The van der Waals surface area contributed by atoms with Crippen LogP contribution < -0.4 is 0 Å². The Morgan fingerprint density at radius 2 is 0.645 bits per heavy atom. The van der Waals surface area contributed by atoms with Crippen LogP contribution in [0.4, 0.5) is 0 Å². The maximum Gasteiger partial charge on any atom is 0.235 e. The lowest BCUT2D eigenvalue weighted by atomic mass is 9.76. The van der Waals surface area contributed by atoms with Gasteiger partial charge >= 0.3 is 0 Å². The van der Waals surface area contributed by atoms with Crippen molar-refractivity contribution in [1.82, 2.24) is 0 Å². The lowest BCUT2D eigenvalue weighted by Gasteiger charge is -2.31. The average Bonchev–Trinajstić information content (AvgIpc) is 2.79. The van der Waals surface area contributed by atoms with E-state index < -0.39 is 0 Å². The van der Waals surface area contributed by atoms with Crippen molar-refractivity contribution in [2.24, 2.45) is 31.8 Å². The molecule has 0 radical (unpaired) electrons. The summed E-state index contributed by atoms with van der Waals surface area (Å²) in [5, 5.41) is 0. The zero-order valence-electron chi connectivity index (χ0n) is 18.1. The van der Waals surface area contributed by atoms with Crippen LogP contribution in [0.3, 0.4) is 0 Å². The molecule has 0 bridgehead atoms. The van der Waals surface area contributed by atoms with Crippen LogP contribution in [0.15, 0.2) is 20.0 Å². The SMILES string of the molecule is O=C=NC1CCC(CC2CCC(N=C=O)CC2)CC1.O=C=NC1CCC(N=C=O)CC1. The van der Waals surface area contributed by atoms with Crippen molar-refractivity contribution in [3.8, 4) is 0 Å². The molecule has 0 N–H and O–H groups in total. The van der Waals surface area contributed by atoms with Crippen LogP contribution in [0.2, 0.25) is 0 Å². The first-order chi connectivity index (χ1) is 15.2. The fourth-order valence-electron chi connectivity index (χ4n) is 5.11. The van der Waals surface area contributed by atoms with Crippen LogP contribution in [0.5, 0.6) is 0 Å². The molecule has 168 valence electrons. The largest absolute Gasteiger partial charge is 0.235 e. The molecule has 0 heterocycles. The third kappa shape index (κ3) is 9.46. The van der Waals surface area contributed by atoms with Crippen LogP contribution >= 0.6 is 0 Å². The molecule has 0 unspecified atom stereocenters. The smallest absolute Gasteiger partial charge is 0.211 e. The van der Waals surface area contributed by atoms with E-state index in [0.29, 0.717) is 0 Å². The van der Waals surface area contributed by atoms with Gasteiger partial charge in [-0.3, -0.25) is 0 Å². The average molecular weight is 429 g/mol. The minimum atomic E-state index is 0.0978. The highest BCUT2D eigenvalue weighted by atomic mass is 16.1. The van der Waals surface area contributed by atoms with Crippen molar-refractivity contribution < 1.29 is 19.2 Å². The minimum Gasteiger partial charge on any atom is -0.211 e. The molecule has 0 spiro atoms. The van der Waals surface area contributed by atoms with Gasteiger partial charge in [-0.15, -0.1) is 0 Å². The summed E-state index contributed by atoms with van der Waals surface area (Å²) in [5.74, 6) is 1.60. The van der Waals surface area contributed by atoms with Crippen LogP contribution in [0, 0.1) is 11.8 Å². The summed E-state index contributed by atoms with van der Waals surface area (Å²) in [6.45, 7) is 0. The van der Waals surface area contributed by atoms with Gasteiger partial charge in [0, 0.05) is 0 Å². The Kier molecular flexibility index (Phi) is 11.6. The van der Waals surface area contributed by atoms with E-state index >= 15 is 0 Å². The summed E-state index contributed by atoms with van der Waals surface area (Å²) in [6, 6.07) is 0.652. The van der Waals surface area contributed by atoms with E-state index in [2.05, 4.69) is 20.0 Å². The number of hydrogen-bond donors (Lipinski definition) is 0. The fraction of sp³-hybridized carbons (Fsp3) is 0.826. The molecule has 3 aliphatic rings. The molecule has 0 atom stereocenters. The van der Waals surface area contributed by atoms with Crippen molar-refractivity contribution in [1.29, 1.82) is 0 Å². The van der Waals surface area contributed by atoms with Crippen LogP contribution in [0.25, 0.3) is 0 Å². The Labute approximate surface area is 183 Å². The van der Waals surface area contributed by atoms with Gasteiger partial charge in [-0.05, 0) is 95.3 Å². The molecule has 0 saturated heterocycles. The predicted molar refractivity (Wildman–Crippen MR) is 115 cm³/mol. The first-order valence-corrected chi connectivity index (χ1v) is 11.5. The summed E-state index contributed by atoms with van der Waals surface area (Å²) in [7, 11) is 0. The van der Waals surface area contributed by atoms with Crippen LogP contribution in [-0.2, 0) is 19.2 Å². The second kappa shape index (κ2) is 14.5. The molecule has 31 heavy (non-hydrogen) atoms. The first-order valence-electron chi connectivity index (χ1n) is 11.5. The van der Waals surface area contributed by atoms with Gasteiger partial charge in [-0.2, -0.15) is 0 Å². The van der Waals surface area contributed by atoms with Crippen molar-refractivity contribution >= 4 is 24.3 Å². The number of rotatable bonds is 6. The van der Waals surface area contributed by atoms with E-state index in [0.717, 1.165) is 63.2 Å². The summed E-state index contributed by atoms with van der Waals surface area (Å²) >= 11 is 0. The van der Waals surface area contributed by atoms with E-state index in [1.54, 1.807) is 24.3 Å². The molecule has 0 aromatic heterocycles. The van der Waals surface area contributed by atoms with Gasteiger partial charge < -0.3 is 0 Å². The predicted octanol–water partition coefficient (Wildman–Crippen LogP) is 4.13. The van der Waals surface area contributed by atoms with Gasteiger partial charge in [-0.25, -0.2) is 39.1 Å². The van der Waals surface area contributed by atoms with Crippen LogP contribution in [-0.4, -0.2) is 48.5 Å². The molecule has 0 aromatic carbocycles. The van der Waals surface area contributed by atoms with Crippen molar-refractivity contribution in [3.63, 3.8) is 0 Å². The zero-order valence-corrected chi connectivity index (χ0v) is 18.1. The standard InChI is InChI=1S/C15H22N2O2.C8H10N2O2/c18-10-16-14-5-1-12(2-6-14)9-13-3-7-15(8-4-13)17-11-19;11-5-9-7-1-2-8(4-3-7)10-6-12/h12-15H,1-9H2;7-8H,1-4H2. The van der Waals surface area contributed by atoms with E-state index in [-0.39, 0.29) is 24.2 Å². The highest BCUT2D eigenvalue weighted by Crippen LogP contribution is 2.36. The number of nitrogens with zero attached hydrogens (tertiary/aromatic N) is 4. The number of hydrogen-bond acceptors (Lipinski definition) is 8. The Hall–Kier alpha value is -2.48. The number of isocyanates is 4. The van der Waals surface area contributed by atoms with E-state index in [4.69, 9.17) is 0 Å². The van der Waals surface area contributed by atoms with Crippen molar-refractivity contribution in [2.45, 2.75) is 108 Å². The molecule has 3 saturated carbocycles. The van der Waals surface area contributed by atoms with Gasteiger partial charge in [0.15, 0.2) is 0 Å².